The number of carbonyl (C=O) groups is 3. The first-order valence-electron chi connectivity index (χ1n) is 5.64. The molecule has 1 heterocycles. The van der Waals surface area contributed by atoms with Crippen molar-refractivity contribution in [3.05, 3.63) is 24.3 Å². The number of nitrogens with one attached hydrogen (secondary N) is 3. The molecular formula is C12H13N3O4. The largest absolute Gasteiger partial charge is 0.497 e. The zero-order valence-electron chi connectivity index (χ0n) is 10.2. The smallest absolute Gasteiger partial charge is 0.322 e. The normalized spacial score (nSPS) is 17.6. The summed E-state index contributed by atoms with van der Waals surface area (Å²) in [6.45, 7) is 0. The topological polar surface area (TPSA) is 96.5 Å². The number of hydrogen-bond donors (Lipinski definition) is 3. The van der Waals surface area contributed by atoms with Gasteiger partial charge in [0.1, 0.15) is 11.8 Å². The Hall–Kier alpha value is -2.57. The van der Waals surface area contributed by atoms with E-state index in [9.17, 15) is 14.4 Å². The van der Waals surface area contributed by atoms with E-state index in [1.54, 1.807) is 31.4 Å². The van der Waals surface area contributed by atoms with Crippen molar-refractivity contribution in [1.82, 2.24) is 10.6 Å². The molecule has 0 radical (unpaired) electrons. The highest BCUT2D eigenvalue weighted by Crippen LogP contribution is 2.15. The standard InChI is InChI=1S/C12H13N3O4/c1-19-8-4-2-7(3-5-8)13-10(16)6-9-11(17)15-12(18)14-9/h2-5,9H,6H2,1H3,(H,13,16)(H2,14,15,17,18)/t9-/m0/s1. The van der Waals surface area contributed by atoms with E-state index in [-0.39, 0.29) is 12.3 Å². The molecule has 3 N–H and O–H groups in total. The van der Waals surface area contributed by atoms with Gasteiger partial charge in [-0.2, -0.15) is 0 Å². The van der Waals surface area contributed by atoms with Crippen LogP contribution >= 0.6 is 0 Å². The molecule has 2 rings (SSSR count). The van der Waals surface area contributed by atoms with Crippen molar-refractivity contribution in [2.45, 2.75) is 12.5 Å². The predicted molar refractivity (Wildman–Crippen MR) is 66.7 cm³/mol. The van der Waals surface area contributed by atoms with E-state index in [1.165, 1.54) is 0 Å². The van der Waals surface area contributed by atoms with Crippen molar-refractivity contribution in [3.8, 4) is 5.75 Å². The Labute approximate surface area is 109 Å². The van der Waals surface area contributed by atoms with Gasteiger partial charge in [0.05, 0.1) is 13.5 Å². The van der Waals surface area contributed by atoms with Gasteiger partial charge in [-0.3, -0.25) is 14.9 Å². The SMILES string of the molecule is COc1ccc(NC(=O)C[C@@H]2NC(=O)NC2=O)cc1. The summed E-state index contributed by atoms with van der Waals surface area (Å²) < 4.78 is 4.99. The summed E-state index contributed by atoms with van der Waals surface area (Å²) in [6, 6.07) is 5.39. The molecule has 1 aliphatic heterocycles. The second-order valence-electron chi connectivity index (χ2n) is 4.00. The molecule has 7 nitrogen and oxygen atoms in total. The number of imide groups is 1. The number of benzene rings is 1. The van der Waals surface area contributed by atoms with E-state index in [1.807, 2.05) is 0 Å². The van der Waals surface area contributed by atoms with Crippen LogP contribution in [0.15, 0.2) is 24.3 Å². The zero-order chi connectivity index (χ0) is 13.8. The van der Waals surface area contributed by atoms with E-state index in [2.05, 4.69) is 16.0 Å². The Morgan fingerprint density at radius 1 is 1.32 bits per heavy atom. The van der Waals surface area contributed by atoms with Gasteiger partial charge in [0.15, 0.2) is 0 Å². The monoisotopic (exact) mass is 263 g/mol. The van der Waals surface area contributed by atoms with E-state index in [4.69, 9.17) is 4.74 Å². The minimum atomic E-state index is -0.814. The molecule has 1 aromatic carbocycles. The third-order valence-electron chi connectivity index (χ3n) is 2.62. The number of hydrogen-bond acceptors (Lipinski definition) is 4. The van der Waals surface area contributed by atoms with E-state index in [0.29, 0.717) is 11.4 Å². The van der Waals surface area contributed by atoms with Crippen molar-refractivity contribution in [3.63, 3.8) is 0 Å². The quantitative estimate of drug-likeness (QED) is 0.677. The number of methoxy groups -OCH3 is 1. The number of ether oxygens (including phenoxy) is 1. The van der Waals surface area contributed by atoms with Gasteiger partial charge in [0.2, 0.25) is 5.91 Å². The first-order valence-corrected chi connectivity index (χ1v) is 5.64. The van der Waals surface area contributed by atoms with Gasteiger partial charge in [-0.25, -0.2) is 4.79 Å². The molecule has 0 saturated carbocycles. The van der Waals surface area contributed by atoms with Gasteiger partial charge in [-0.05, 0) is 24.3 Å². The van der Waals surface area contributed by atoms with Crippen LogP contribution in [0.3, 0.4) is 0 Å². The second kappa shape index (κ2) is 5.38. The van der Waals surface area contributed by atoms with Crippen molar-refractivity contribution in [2.24, 2.45) is 0 Å². The Kier molecular flexibility index (Phi) is 3.65. The van der Waals surface area contributed by atoms with Crippen LogP contribution in [0.2, 0.25) is 0 Å². The summed E-state index contributed by atoms with van der Waals surface area (Å²) in [5.74, 6) is -0.164. The molecule has 19 heavy (non-hydrogen) atoms. The molecule has 0 unspecified atom stereocenters. The van der Waals surface area contributed by atoms with Gasteiger partial charge in [0, 0.05) is 5.69 Å². The summed E-state index contributed by atoms with van der Waals surface area (Å²) in [7, 11) is 1.55. The third kappa shape index (κ3) is 3.21. The molecule has 7 heteroatoms. The number of amides is 4. The Morgan fingerprint density at radius 3 is 2.53 bits per heavy atom. The highest BCUT2D eigenvalue weighted by atomic mass is 16.5. The highest BCUT2D eigenvalue weighted by molar-refractivity contribution is 6.06. The van der Waals surface area contributed by atoms with Crippen LogP contribution in [0.25, 0.3) is 0 Å². The minimum absolute atomic E-state index is 0.108. The molecule has 1 aromatic rings. The van der Waals surface area contributed by atoms with Crippen molar-refractivity contribution >= 4 is 23.5 Å². The number of urea groups is 1. The molecule has 1 fully saturated rings. The first kappa shape index (κ1) is 12.9. The molecule has 0 spiro atoms. The molecule has 1 aliphatic rings. The van der Waals surface area contributed by atoms with Gasteiger partial charge < -0.3 is 15.4 Å². The molecular weight excluding hydrogens is 250 g/mol. The van der Waals surface area contributed by atoms with Crippen LogP contribution in [-0.2, 0) is 9.59 Å². The van der Waals surface area contributed by atoms with Crippen molar-refractivity contribution in [1.29, 1.82) is 0 Å². The summed E-state index contributed by atoms with van der Waals surface area (Å²) in [6.07, 6.45) is -0.108. The molecule has 4 amide bonds. The molecule has 0 aromatic heterocycles. The van der Waals surface area contributed by atoms with Gasteiger partial charge >= 0.3 is 6.03 Å². The van der Waals surface area contributed by atoms with Crippen LogP contribution in [0.1, 0.15) is 6.42 Å². The van der Waals surface area contributed by atoms with Gasteiger partial charge in [-0.15, -0.1) is 0 Å². The number of anilines is 1. The minimum Gasteiger partial charge on any atom is -0.497 e. The third-order valence-corrected chi connectivity index (χ3v) is 2.62. The molecule has 1 saturated heterocycles. The average Bonchev–Trinajstić information content (AvgIpc) is 2.68. The molecule has 1 atom stereocenters. The lowest BCUT2D eigenvalue weighted by molar-refractivity contribution is -0.124. The number of carbonyl (C=O) groups excluding carboxylic acids is 3. The fraction of sp³-hybridized carbons (Fsp3) is 0.250. The van der Waals surface area contributed by atoms with Crippen LogP contribution in [0, 0.1) is 0 Å². The highest BCUT2D eigenvalue weighted by Gasteiger charge is 2.31. The first-order chi connectivity index (χ1) is 9.08. The van der Waals surface area contributed by atoms with Gasteiger partial charge in [-0.1, -0.05) is 0 Å². The van der Waals surface area contributed by atoms with E-state index in [0.717, 1.165) is 0 Å². The maximum atomic E-state index is 11.7. The zero-order valence-corrected chi connectivity index (χ0v) is 10.2. The Morgan fingerprint density at radius 2 is 2.00 bits per heavy atom. The van der Waals surface area contributed by atoms with Crippen molar-refractivity contribution in [2.75, 3.05) is 12.4 Å². The molecule has 0 aliphatic carbocycles. The summed E-state index contributed by atoms with van der Waals surface area (Å²) in [5, 5.41) is 7.05. The lowest BCUT2D eigenvalue weighted by Gasteiger charge is -2.08. The second-order valence-corrected chi connectivity index (χ2v) is 4.00. The maximum absolute atomic E-state index is 11.7. The van der Waals surface area contributed by atoms with E-state index >= 15 is 0 Å². The summed E-state index contributed by atoms with van der Waals surface area (Å²) >= 11 is 0. The van der Waals surface area contributed by atoms with Crippen LogP contribution in [-0.4, -0.2) is 31.0 Å². The fourth-order valence-electron chi connectivity index (χ4n) is 1.67. The summed E-state index contributed by atoms with van der Waals surface area (Å²) in [5.41, 5.74) is 0.593. The van der Waals surface area contributed by atoms with Gasteiger partial charge in [0.25, 0.3) is 5.91 Å². The Bertz CT molecular complexity index is 512. The molecule has 100 valence electrons. The van der Waals surface area contributed by atoms with E-state index < -0.39 is 18.0 Å². The summed E-state index contributed by atoms with van der Waals surface area (Å²) in [4.78, 5) is 33.9. The molecule has 0 bridgehead atoms. The fourth-order valence-corrected chi connectivity index (χ4v) is 1.67. The predicted octanol–water partition coefficient (Wildman–Crippen LogP) is 0.232. The van der Waals surface area contributed by atoms with Crippen LogP contribution in [0.5, 0.6) is 5.75 Å². The maximum Gasteiger partial charge on any atom is 0.322 e. The lowest BCUT2D eigenvalue weighted by atomic mass is 10.2. The Balaban J connectivity index is 1.90. The average molecular weight is 263 g/mol. The lowest BCUT2D eigenvalue weighted by Crippen LogP contribution is -2.33. The number of rotatable bonds is 4. The van der Waals surface area contributed by atoms with Crippen LogP contribution in [0.4, 0.5) is 10.5 Å². The van der Waals surface area contributed by atoms with Crippen molar-refractivity contribution < 1.29 is 19.1 Å². The van der Waals surface area contributed by atoms with Crippen LogP contribution < -0.4 is 20.7 Å².